The molecule has 1 aliphatic heterocycles. The van der Waals surface area contributed by atoms with Gasteiger partial charge in [0.25, 0.3) is 15.9 Å². The van der Waals surface area contributed by atoms with Crippen LogP contribution in [-0.4, -0.2) is 33.9 Å². The van der Waals surface area contributed by atoms with Crippen LogP contribution in [0.25, 0.3) is 0 Å². The van der Waals surface area contributed by atoms with Crippen molar-refractivity contribution < 1.29 is 22.7 Å². The van der Waals surface area contributed by atoms with Crippen molar-refractivity contribution in [2.24, 2.45) is 0 Å². The summed E-state index contributed by atoms with van der Waals surface area (Å²) in [6, 6.07) is 29.3. The van der Waals surface area contributed by atoms with E-state index in [4.69, 9.17) is 4.74 Å². The molecule has 186 valence electrons. The largest absolute Gasteiger partial charge is 0.452 e. The van der Waals surface area contributed by atoms with Crippen LogP contribution >= 0.6 is 11.8 Å². The highest BCUT2D eigenvalue weighted by Gasteiger charge is 2.29. The molecule has 9 heteroatoms. The van der Waals surface area contributed by atoms with Gasteiger partial charge in [-0.05, 0) is 54.6 Å². The molecule has 0 N–H and O–H groups in total. The van der Waals surface area contributed by atoms with Crippen molar-refractivity contribution in [3.05, 3.63) is 109 Å². The lowest BCUT2D eigenvalue weighted by Crippen LogP contribution is -2.32. The van der Waals surface area contributed by atoms with Crippen LogP contribution in [0.15, 0.2) is 118 Å². The summed E-state index contributed by atoms with van der Waals surface area (Å²) in [6.07, 6.45) is 0. The van der Waals surface area contributed by atoms with Gasteiger partial charge >= 0.3 is 5.97 Å². The van der Waals surface area contributed by atoms with Crippen LogP contribution in [0.1, 0.15) is 10.4 Å². The lowest BCUT2D eigenvalue weighted by atomic mass is 10.2. The fraction of sp³-hybridized carbons (Fsp3) is 0.0714. The number of carbonyl (C=O) groups excluding carboxylic acids is 2. The number of sulfonamides is 1. The average molecular weight is 531 g/mol. The van der Waals surface area contributed by atoms with Crippen LogP contribution in [0.4, 0.5) is 17.1 Å². The summed E-state index contributed by atoms with van der Waals surface area (Å²) < 4.78 is 32.7. The van der Waals surface area contributed by atoms with Crippen LogP contribution in [-0.2, 0) is 19.6 Å². The Morgan fingerprint density at radius 3 is 2.05 bits per heavy atom. The minimum absolute atomic E-state index is 0.0327. The van der Waals surface area contributed by atoms with Crippen LogP contribution in [0, 0.1) is 0 Å². The van der Waals surface area contributed by atoms with Crippen molar-refractivity contribution in [1.82, 2.24) is 0 Å². The smallest absolute Gasteiger partial charge is 0.338 e. The second-order valence-corrected chi connectivity index (χ2v) is 11.2. The zero-order chi connectivity index (χ0) is 26.0. The predicted molar refractivity (Wildman–Crippen MR) is 143 cm³/mol. The Labute approximate surface area is 219 Å². The summed E-state index contributed by atoms with van der Waals surface area (Å²) in [6.45, 7) is -0.507. The number of anilines is 3. The van der Waals surface area contributed by atoms with Gasteiger partial charge in [-0.2, -0.15) is 0 Å². The van der Waals surface area contributed by atoms with E-state index >= 15 is 0 Å². The Morgan fingerprint density at radius 2 is 1.41 bits per heavy atom. The van der Waals surface area contributed by atoms with Gasteiger partial charge in [0, 0.05) is 16.8 Å². The molecule has 0 aliphatic carbocycles. The highest BCUT2D eigenvalue weighted by Crippen LogP contribution is 2.47. The van der Waals surface area contributed by atoms with E-state index in [9.17, 15) is 18.0 Å². The maximum atomic E-state index is 13.3. The Balaban J connectivity index is 1.34. The Kier molecular flexibility index (Phi) is 6.73. The minimum Gasteiger partial charge on any atom is -0.452 e. The zero-order valence-electron chi connectivity index (χ0n) is 19.8. The number of benzene rings is 4. The first kappa shape index (κ1) is 24.6. The number of carbonyl (C=O) groups is 2. The highest BCUT2D eigenvalue weighted by atomic mass is 32.2. The molecule has 4 aromatic carbocycles. The van der Waals surface area contributed by atoms with Crippen LogP contribution in [0.5, 0.6) is 0 Å². The molecule has 0 atom stereocenters. The number of esters is 1. The molecular weight excluding hydrogens is 508 g/mol. The van der Waals surface area contributed by atoms with Crippen molar-refractivity contribution in [2.75, 3.05) is 22.9 Å². The fourth-order valence-electron chi connectivity index (χ4n) is 3.97. The van der Waals surface area contributed by atoms with Gasteiger partial charge in [-0.15, -0.1) is 0 Å². The Morgan fingerprint density at radius 1 is 0.811 bits per heavy atom. The molecule has 0 saturated heterocycles. The van der Waals surface area contributed by atoms with Crippen molar-refractivity contribution in [1.29, 1.82) is 0 Å². The molecule has 0 bridgehead atoms. The highest BCUT2D eigenvalue weighted by molar-refractivity contribution is 7.99. The standard InChI is InChI=1S/C28H22N2O5S2/c1-29(21-11-3-2-4-12-21)37(33,34)22-13-9-10-20(18-22)28(32)35-19-27(31)30-23-14-5-7-16-25(23)36-26-17-8-6-15-24(26)30/h2-18H,19H2,1H3. The van der Waals surface area contributed by atoms with E-state index in [1.807, 2.05) is 48.5 Å². The third kappa shape index (κ3) is 4.83. The molecule has 0 radical (unpaired) electrons. The normalized spacial score (nSPS) is 12.3. The molecule has 1 aliphatic rings. The number of ether oxygens (including phenoxy) is 1. The number of amides is 1. The fourth-order valence-corrected chi connectivity index (χ4v) is 6.27. The van der Waals surface area contributed by atoms with E-state index in [1.165, 1.54) is 31.3 Å². The summed E-state index contributed by atoms with van der Waals surface area (Å²) >= 11 is 1.57. The number of hydrogen-bond donors (Lipinski definition) is 0. The van der Waals surface area contributed by atoms with E-state index in [0.29, 0.717) is 17.1 Å². The van der Waals surface area contributed by atoms with Crippen molar-refractivity contribution >= 4 is 50.7 Å². The van der Waals surface area contributed by atoms with Gasteiger partial charge in [0.2, 0.25) is 0 Å². The van der Waals surface area contributed by atoms with Gasteiger partial charge in [-0.25, -0.2) is 13.2 Å². The second kappa shape index (κ2) is 10.1. The van der Waals surface area contributed by atoms with E-state index in [2.05, 4.69) is 0 Å². The molecular formula is C28H22N2O5S2. The third-order valence-corrected chi connectivity index (χ3v) is 8.77. The summed E-state index contributed by atoms with van der Waals surface area (Å²) in [5, 5.41) is 0. The minimum atomic E-state index is -3.92. The summed E-state index contributed by atoms with van der Waals surface area (Å²) in [5.41, 5.74) is 1.94. The van der Waals surface area contributed by atoms with E-state index in [1.54, 1.807) is 47.0 Å². The summed E-state index contributed by atoms with van der Waals surface area (Å²) in [4.78, 5) is 29.4. The van der Waals surface area contributed by atoms with Crippen LogP contribution in [0.3, 0.4) is 0 Å². The van der Waals surface area contributed by atoms with Crippen molar-refractivity contribution in [2.45, 2.75) is 14.7 Å². The summed E-state index contributed by atoms with van der Waals surface area (Å²) in [5.74, 6) is -1.21. The molecule has 1 heterocycles. The number of nitrogens with zero attached hydrogens (tertiary/aromatic N) is 2. The van der Waals surface area contributed by atoms with Gasteiger partial charge in [0.1, 0.15) is 0 Å². The molecule has 0 aromatic heterocycles. The van der Waals surface area contributed by atoms with E-state index in [0.717, 1.165) is 14.1 Å². The number of para-hydroxylation sites is 3. The first-order valence-corrected chi connectivity index (χ1v) is 13.6. The van der Waals surface area contributed by atoms with Gasteiger partial charge in [0.15, 0.2) is 6.61 Å². The third-order valence-electron chi connectivity index (χ3n) is 5.86. The second-order valence-electron chi connectivity index (χ2n) is 8.18. The molecule has 37 heavy (non-hydrogen) atoms. The molecule has 0 fully saturated rings. The number of rotatable bonds is 6. The quantitative estimate of drug-likeness (QED) is 0.306. The molecule has 0 saturated carbocycles. The molecule has 1 amide bonds. The average Bonchev–Trinajstić information content (AvgIpc) is 2.94. The first-order valence-electron chi connectivity index (χ1n) is 11.4. The van der Waals surface area contributed by atoms with Crippen molar-refractivity contribution in [3.8, 4) is 0 Å². The van der Waals surface area contributed by atoms with E-state index < -0.39 is 28.5 Å². The molecule has 0 spiro atoms. The van der Waals surface area contributed by atoms with Crippen LogP contribution < -0.4 is 9.21 Å². The molecule has 0 unspecified atom stereocenters. The molecule has 7 nitrogen and oxygen atoms in total. The first-order chi connectivity index (χ1) is 17.9. The zero-order valence-corrected chi connectivity index (χ0v) is 21.4. The van der Waals surface area contributed by atoms with E-state index in [-0.39, 0.29) is 10.5 Å². The number of fused-ring (bicyclic) bond motifs is 2. The topological polar surface area (TPSA) is 84.0 Å². The van der Waals surface area contributed by atoms with Gasteiger partial charge in [-0.1, -0.05) is 60.3 Å². The lowest BCUT2D eigenvalue weighted by Gasteiger charge is -2.30. The van der Waals surface area contributed by atoms with Crippen LogP contribution in [0.2, 0.25) is 0 Å². The maximum absolute atomic E-state index is 13.3. The van der Waals surface area contributed by atoms with Gasteiger partial charge < -0.3 is 4.74 Å². The SMILES string of the molecule is CN(c1ccccc1)S(=O)(=O)c1cccc(C(=O)OCC(=O)N2c3ccccc3Sc3ccccc32)c1. The Bertz CT molecular complexity index is 1540. The maximum Gasteiger partial charge on any atom is 0.338 e. The van der Waals surface area contributed by atoms with Crippen molar-refractivity contribution in [3.63, 3.8) is 0 Å². The Hall–Kier alpha value is -4.08. The summed E-state index contributed by atoms with van der Waals surface area (Å²) in [7, 11) is -2.47. The molecule has 5 rings (SSSR count). The van der Waals surface area contributed by atoms with Gasteiger partial charge in [-0.3, -0.25) is 14.0 Å². The number of hydrogen-bond acceptors (Lipinski definition) is 6. The molecule has 4 aromatic rings. The predicted octanol–water partition coefficient (Wildman–Crippen LogP) is 5.50. The van der Waals surface area contributed by atoms with Gasteiger partial charge in [0.05, 0.1) is 27.5 Å². The lowest BCUT2D eigenvalue weighted by molar-refractivity contribution is -0.121. The monoisotopic (exact) mass is 530 g/mol.